The van der Waals surface area contributed by atoms with Crippen LogP contribution in [0.2, 0.25) is 0 Å². The summed E-state index contributed by atoms with van der Waals surface area (Å²) in [6.07, 6.45) is 3.31. The maximum atomic E-state index is 12.3. The van der Waals surface area contributed by atoms with E-state index in [1.165, 1.54) is 4.68 Å². The SMILES string of the molecule is COc1cccc(NC(=O)C(C)(C)C)c1C=Nn1cc(C)nc1N. The van der Waals surface area contributed by atoms with E-state index in [1.807, 2.05) is 33.8 Å². The molecule has 0 saturated carbocycles. The normalized spacial score (nSPS) is 11.7. The van der Waals surface area contributed by atoms with Crippen molar-refractivity contribution in [3.8, 4) is 5.75 Å². The molecular weight excluding hydrogens is 306 g/mol. The molecule has 0 unspecified atom stereocenters. The maximum Gasteiger partial charge on any atom is 0.229 e. The summed E-state index contributed by atoms with van der Waals surface area (Å²) >= 11 is 0. The van der Waals surface area contributed by atoms with Crippen molar-refractivity contribution < 1.29 is 9.53 Å². The van der Waals surface area contributed by atoms with E-state index in [2.05, 4.69) is 15.4 Å². The lowest BCUT2D eigenvalue weighted by molar-refractivity contribution is -0.123. The largest absolute Gasteiger partial charge is 0.496 e. The second kappa shape index (κ2) is 6.74. The van der Waals surface area contributed by atoms with Gasteiger partial charge in [-0.25, -0.2) is 9.66 Å². The van der Waals surface area contributed by atoms with Crippen LogP contribution in [-0.4, -0.2) is 28.9 Å². The number of hydrogen-bond acceptors (Lipinski definition) is 5. The zero-order chi connectivity index (χ0) is 17.9. The minimum Gasteiger partial charge on any atom is -0.496 e. The number of carbonyl (C=O) groups is 1. The fourth-order valence-electron chi connectivity index (χ4n) is 1.99. The highest BCUT2D eigenvalue weighted by Crippen LogP contribution is 2.26. The van der Waals surface area contributed by atoms with E-state index in [9.17, 15) is 4.79 Å². The topological polar surface area (TPSA) is 94.5 Å². The molecule has 3 N–H and O–H groups in total. The van der Waals surface area contributed by atoms with Gasteiger partial charge in [0.25, 0.3) is 0 Å². The Balaban J connectivity index is 2.40. The Morgan fingerprint density at radius 3 is 2.67 bits per heavy atom. The number of aromatic nitrogens is 2. The fourth-order valence-corrected chi connectivity index (χ4v) is 1.99. The number of nitrogens with one attached hydrogen (secondary N) is 1. The first-order chi connectivity index (χ1) is 11.2. The number of benzene rings is 1. The molecule has 0 atom stereocenters. The lowest BCUT2D eigenvalue weighted by Crippen LogP contribution is -2.28. The summed E-state index contributed by atoms with van der Waals surface area (Å²) < 4.78 is 6.85. The predicted molar refractivity (Wildman–Crippen MR) is 95.4 cm³/mol. The summed E-state index contributed by atoms with van der Waals surface area (Å²) in [5.41, 5.74) is 7.32. The number of anilines is 2. The summed E-state index contributed by atoms with van der Waals surface area (Å²) in [6.45, 7) is 7.39. The van der Waals surface area contributed by atoms with Gasteiger partial charge in [0.15, 0.2) is 0 Å². The number of methoxy groups -OCH3 is 1. The zero-order valence-corrected chi connectivity index (χ0v) is 14.6. The van der Waals surface area contributed by atoms with E-state index in [1.54, 1.807) is 31.7 Å². The molecule has 1 aromatic carbocycles. The number of aryl methyl sites for hydroxylation is 1. The molecule has 0 aliphatic rings. The zero-order valence-electron chi connectivity index (χ0n) is 14.6. The van der Waals surface area contributed by atoms with Crippen LogP contribution in [-0.2, 0) is 4.79 Å². The van der Waals surface area contributed by atoms with E-state index in [0.29, 0.717) is 22.9 Å². The van der Waals surface area contributed by atoms with Crippen molar-refractivity contribution in [2.45, 2.75) is 27.7 Å². The van der Waals surface area contributed by atoms with Crippen molar-refractivity contribution in [2.24, 2.45) is 10.5 Å². The van der Waals surface area contributed by atoms with Crippen LogP contribution in [0.1, 0.15) is 32.0 Å². The third-order valence-corrected chi connectivity index (χ3v) is 3.36. The van der Waals surface area contributed by atoms with Crippen molar-refractivity contribution in [2.75, 3.05) is 18.2 Å². The molecule has 7 heteroatoms. The van der Waals surface area contributed by atoms with E-state index in [4.69, 9.17) is 10.5 Å². The fraction of sp³-hybridized carbons (Fsp3) is 0.353. The number of nitrogen functional groups attached to an aromatic ring is 1. The minimum absolute atomic E-state index is 0.0941. The molecule has 1 amide bonds. The Hall–Kier alpha value is -2.83. The van der Waals surface area contributed by atoms with Crippen molar-refractivity contribution in [3.05, 3.63) is 35.7 Å². The van der Waals surface area contributed by atoms with Crippen LogP contribution < -0.4 is 15.8 Å². The van der Waals surface area contributed by atoms with Gasteiger partial charge in [-0.2, -0.15) is 5.10 Å². The number of carbonyl (C=O) groups excluding carboxylic acids is 1. The van der Waals surface area contributed by atoms with Gasteiger partial charge in [0.2, 0.25) is 11.9 Å². The molecule has 0 fully saturated rings. The van der Waals surface area contributed by atoms with Gasteiger partial charge in [-0.1, -0.05) is 26.8 Å². The number of ether oxygens (including phenoxy) is 1. The Bertz CT molecular complexity index is 772. The average Bonchev–Trinajstić information content (AvgIpc) is 2.82. The Kier molecular flexibility index (Phi) is 4.92. The molecule has 0 saturated heterocycles. The standard InChI is InChI=1S/C17H23N5O2/c1-11-10-22(16(18)20-11)19-9-12-13(7-6-8-14(12)24-5)21-15(23)17(2,3)4/h6-10H,1-5H3,(H2,18,20)(H,21,23). The van der Waals surface area contributed by atoms with Gasteiger partial charge in [-0.15, -0.1) is 0 Å². The van der Waals surface area contributed by atoms with E-state index >= 15 is 0 Å². The van der Waals surface area contributed by atoms with Crippen LogP contribution in [0.3, 0.4) is 0 Å². The third-order valence-electron chi connectivity index (χ3n) is 3.36. The summed E-state index contributed by atoms with van der Waals surface area (Å²) in [5, 5.41) is 7.22. The Labute approximate surface area is 141 Å². The highest BCUT2D eigenvalue weighted by molar-refractivity contribution is 6.01. The van der Waals surface area contributed by atoms with Gasteiger partial charge in [-0.05, 0) is 19.1 Å². The highest BCUT2D eigenvalue weighted by atomic mass is 16.5. The quantitative estimate of drug-likeness (QED) is 0.843. The molecule has 0 radical (unpaired) electrons. The number of nitrogens with zero attached hydrogens (tertiary/aromatic N) is 3. The van der Waals surface area contributed by atoms with Gasteiger partial charge < -0.3 is 15.8 Å². The summed E-state index contributed by atoms with van der Waals surface area (Å²) in [4.78, 5) is 16.4. The molecule has 7 nitrogen and oxygen atoms in total. The second-order valence-electron chi connectivity index (χ2n) is 6.46. The first kappa shape index (κ1) is 17.5. The molecule has 0 aliphatic carbocycles. The van der Waals surface area contributed by atoms with Crippen LogP contribution in [0, 0.1) is 12.3 Å². The first-order valence-electron chi connectivity index (χ1n) is 7.56. The van der Waals surface area contributed by atoms with E-state index in [0.717, 1.165) is 5.69 Å². The van der Waals surface area contributed by atoms with E-state index in [-0.39, 0.29) is 5.91 Å². The summed E-state index contributed by atoms with van der Waals surface area (Å²) in [7, 11) is 1.57. The predicted octanol–water partition coefficient (Wildman–Crippen LogP) is 2.65. The Morgan fingerprint density at radius 1 is 1.42 bits per heavy atom. The molecule has 0 bridgehead atoms. The van der Waals surface area contributed by atoms with Crippen molar-refractivity contribution >= 4 is 23.8 Å². The minimum atomic E-state index is -0.511. The number of nitrogens with two attached hydrogens (primary N) is 1. The molecule has 24 heavy (non-hydrogen) atoms. The van der Waals surface area contributed by atoms with Gasteiger partial charge in [-0.3, -0.25) is 4.79 Å². The van der Waals surface area contributed by atoms with Crippen LogP contribution in [0.25, 0.3) is 0 Å². The number of amides is 1. The molecule has 0 aliphatic heterocycles. The lowest BCUT2D eigenvalue weighted by atomic mass is 9.95. The summed E-state index contributed by atoms with van der Waals surface area (Å²) in [6, 6.07) is 5.41. The third kappa shape index (κ3) is 3.92. The molecule has 2 rings (SSSR count). The average molecular weight is 329 g/mol. The number of imidazole rings is 1. The van der Waals surface area contributed by atoms with Gasteiger partial charge in [0.1, 0.15) is 5.75 Å². The number of hydrogen-bond donors (Lipinski definition) is 2. The van der Waals surface area contributed by atoms with Crippen molar-refractivity contribution in [1.82, 2.24) is 9.66 Å². The van der Waals surface area contributed by atoms with Crippen LogP contribution >= 0.6 is 0 Å². The molecule has 1 heterocycles. The van der Waals surface area contributed by atoms with Crippen LogP contribution in [0.5, 0.6) is 5.75 Å². The van der Waals surface area contributed by atoms with Crippen molar-refractivity contribution in [3.63, 3.8) is 0 Å². The lowest BCUT2D eigenvalue weighted by Gasteiger charge is -2.19. The maximum absolute atomic E-state index is 12.3. The second-order valence-corrected chi connectivity index (χ2v) is 6.46. The van der Waals surface area contributed by atoms with Gasteiger partial charge >= 0.3 is 0 Å². The molecular formula is C17H23N5O2. The van der Waals surface area contributed by atoms with Crippen LogP contribution in [0.4, 0.5) is 11.6 Å². The van der Waals surface area contributed by atoms with Crippen LogP contribution in [0.15, 0.2) is 29.5 Å². The summed E-state index contributed by atoms with van der Waals surface area (Å²) in [5.74, 6) is 0.795. The highest BCUT2D eigenvalue weighted by Gasteiger charge is 2.22. The molecule has 1 aromatic heterocycles. The monoisotopic (exact) mass is 329 g/mol. The van der Waals surface area contributed by atoms with Crippen molar-refractivity contribution in [1.29, 1.82) is 0 Å². The first-order valence-corrected chi connectivity index (χ1v) is 7.56. The smallest absolute Gasteiger partial charge is 0.229 e. The van der Waals surface area contributed by atoms with E-state index < -0.39 is 5.41 Å². The molecule has 2 aromatic rings. The Morgan fingerprint density at radius 2 is 2.12 bits per heavy atom. The molecule has 128 valence electrons. The van der Waals surface area contributed by atoms with Gasteiger partial charge in [0, 0.05) is 5.41 Å². The molecule has 0 spiro atoms. The number of rotatable bonds is 4. The van der Waals surface area contributed by atoms with Gasteiger partial charge in [0.05, 0.1) is 36.5 Å².